The third kappa shape index (κ3) is 2.60. The highest BCUT2D eigenvalue weighted by Crippen LogP contribution is 2.06. The Morgan fingerprint density at radius 2 is 1.90 bits per heavy atom. The molecule has 0 rings (SSSR count). The van der Waals surface area contributed by atoms with Crippen LogP contribution in [0.3, 0.4) is 0 Å². The smallest absolute Gasteiger partial charge is 0.219 e. The quantitative estimate of drug-likeness (QED) is 0.603. The minimum Gasteiger partial charge on any atom is -0.342 e. The molecule has 0 saturated heterocycles. The number of amides is 1. The van der Waals surface area contributed by atoms with Crippen molar-refractivity contribution in [2.75, 3.05) is 7.05 Å². The minimum atomic E-state index is 0.0911. The Kier molecular flexibility index (Phi) is 3.79. The highest BCUT2D eigenvalue weighted by atomic mass is 32.1. The van der Waals surface area contributed by atoms with E-state index >= 15 is 0 Å². The number of nitrogens with zero attached hydrogens (tertiary/aromatic N) is 1. The summed E-state index contributed by atoms with van der Waals surface area (Å²) in [5.74, 6) is 0.0911. The van der Waals surface area contributed by atoms with Crippen LogP contribution in [0.4, 0.5) is 0 Å². The first-order chi connectivity index (χ1) is 4.46. The molecule has 0 aliphatic carbocycles. The lowest BCUT2D eigenvalue weighted by molar-refractivity contribution is -0.129. The molecule has 0 aromatic carbocycles. The van der Waals surface area contributed by atoms with Gasteiger partial charge >= 0.3 is 0 Å². The topological polar surface area (TPSA) is 20.3 Å². The van der Waals surface area contributed by atoms with Crippen molar-refractivity contribution in [3.8, 4) is 0 Å². The minimum absolute atomic E-state index is 0.0911. The van der Waals surface area contributed by atoms with Gasteiger partial charge in [-0.25, -0.2) is 0 Å². The number of carbonyl (C=O) groups excluding carboxylic acids is 1. The molecule has 0 spiro atoms. The van der Waals surface area contributed by atoms with Gasteiger partial charge in [0.1, 0.15) is 0 Å². The average molecular weight is 161 g/mol. The maximum atomic E-state index is 10.8. The maximum Gasteiger partial charge on any atom is 0.219 e. The van der Waals surface area contributed by atoms with Gasteiger partial charge in [-0.15, -0.1) is 0 Å². The van der Waals surface area contributed by atoms with Crippen LogP contribution in [0.1, 0.15) is 20.8 Å². The molecule has 10 heavy (non-hydrogen) atoms. The van der Waals surface area contributed by atoms with Gasteiger partial charge in [0, 0.05) is 25.3 Å². The standard InChI is InChI=1S/C7H15NOS/c1-5(6(2)10)8(4)7(3)9/h5-6,10H,1-4H3/t5-,6?/m0/s1. The lowest BCUT2D eigenvalue weighted by Crippen LogP contribution is -2.38. The van der Waals surface area contributed by atoms with Gasteiger partial charge in [0.25, 0.3) is 0 Å². The second-order valence-electron chi connectivity index (χ2n) is 2.61. The summed E-state index contributed by atoms with van der Waals surface area (Å²) < 4.78 is 0. The molecular formula is C7H15NOS. The number of carbonyl (C=O) groups is 1. The van der Waals surface area contributed by atoms with Crippen LogP contribution in [0.25, 0.3) is 0 Å². The fourth-order valence-corrected chi connectivity index (χ4v) is 0.810. The van der Waals surface area contributed by atoms with Gasteiger partial charge in [-0.2, -0.15) is 12.6 Å². The van der Waals surface area contributed by atoms with Crippen molar-refractivity contribution in [1.29, 1.82) is 0 Å². The van der Waals surface area contributed by atoms with Crippen LogP contribution in [0.5, 0.6) is 0 Å². The molecule has 0 saturated carbocycles. The van der Waals surface area contributed by atoms with Crippen LogP contribution in [-0.2, 0) is 4.79 Å². The highest BCUT2D eigenvalue weighted by molar-refractivity contribution is 7.81. The first-order valence-corrected chi connectivity index (χ1v) is 3.90. The molecule has 0 radical (unpaired) electrons. The van der Waals surface area contributed by atoms with Gasteiger partial charge in [0.2, 0.25) is 5.91 Å². The van der Waals surface area contributed by atoms with E-state index in [4.69, 9.17) is 0 Å². The molecule has 0 bridgehead atoms. The number of thiol groups is 1. The third-order valence-corrected chi connectivity index (χ3v) is 2.24. The van der Waals surface area contributed by atoms with Crippen LogP contribution >= 0.6 is 12.6 Å². The van der Waals surface area contributed by atoms with Crippen molar-refractivity contribution in [2.24, 2.45) is 0 Å². The van der Waals surface area contributed by atoms with Crippen molar-refractivity contribution in [2.45, 2.75) is 32.1 Å². The van der Waals surface area contributed by atoms with E-state index < -0.39 is 0 Å². The predicted molar refractivity (Wildman–Crippen MR) is 46.4 cm³/mol. The normalized spacial score (nSPS) is 16.1. The van der Waals surface area contributed by atoms with E-state index in [0.29, 0.717) is 0 Å². The van der Waals surface area contributed by atoms with E-state index in [2.05, 4.69) is 12.6 Å². The molecule has 60 valence electrons. The number of rotatable bonds is 2. The van der Waals surface area contributed by atoms with Gasteiger partial charge in [0.05, 0.1) is 0 Å². The van der Waals surface area contributed by atoms with Crippen molar-refractivity contribution in [1.82, 2.24) is 4.90 Å². The Morgan fingerprint density at radius 3 is 2.00 bits per heavy atom. The Hall–Kier alpha value is -0.180. The van der Waals surface area contributed by atoms with Crippen LogP contribution in [-0.4, -0.2) is 29.1 Å². The zero-order valence-electron chi connectivity index (χ0n) is 6.96. The first-order valence-electron chi connectivity index (χ1n) is 3.38. The summed E-state index contributed by atoms with van der Waals surface area (Å²) in [7, 11) is 1.79. The Balaban J connectivity index is 3.94. The van der Waals surface area contributed by atoms with Gasteiger partial charge in [0.15, 0.2) is 0 Å². The monoisotopic (exact) mass is 161 g/mol. The molecule has 0 fully saturated rings. The van der Waals surface area contributed by atoms with Crippen LogP contribution in [0.15, 0.2) is 0 Å². The Bertz CT molecular complexity index is 125. The van der Waals surface area contributed by atoms with Crippen molar-refractivity contribution in [3.63, 3.8) is 0 Å². The largest absolute Gasteiger partial charge is 0.342 e. The second-order valence-corrected chi connectivity index (χ2v) is 3.43. The molecule has 0 N–H and O–H groups in total. The van der Waals surface area contributed by atoms with E-state index in [1.807, 2.05) is 13.8 Å². The average Bonchev–Trinajstić information content (AvgIpc) is 1.84. The summed E-state index contributed by atoms with van der Waals surface area (Å²) >= 11 is 4.23. The van der Waals surface area contributed by atoms with Crippen molar-refractivity contribution in [3.05, 3.63) is 0 Å². The Labute approximate surface area is 68.0 Å². The molecule has 0 aliphatic rings. The van der Waals surface area contributed by atoms with Crippen LogP contribution in [0.2, 0.25) is 0 Å². The molecule has 0 aromatic rings. The SMILES string of the molecule is CC(=O)N(C)[C@@H](C)C(C)S. The van der Waals surface area contributed by atoms with Gasteiger partial charge in [-0.05, 0) is 6.92 Å². The van der Waals surface area contributed by atoms with Crippen LogP contribution < -0.4 is 0 Å². The number of hydrogen-bond acceptors (Lipinski definition) is 2. The summed E-state index contributed by atoms with van der Waals surface area (Å²) in [5.41, 5.74) is 0. The molecule has 1 amide bonds. The lowest BCUT2D eigenvalue weighted by atomic mass is 10.2. The molecule has 0 aromatic heterocycles. The van der Waals surface area contributed by atoms with Crippen molar-refractivity contribution < 1.29 is 4.79 Å². The Morgan fingerprint density at radius 1 is 1.50 bits per heavy atom. The zero-order valence-corrected chi connectivity index (χ0v) is 7.85. The van der Waals surface area contributed by atoms with Gasteiger partial charge < -0.3 is 4.90 Å². The summed E-state index contributed by atoms with van der Waals surface area (Å²) in [4.78, 5) is 12.5. The van der Waals surface area contributed by atoms with Crippen molar-refractivity contribution >= 4 is 18.5 Å². The third-order valence-electron chi connectivity index (χ3n) is 1.81. The van der Waals surface area contributed by atoms with E-state index in [0.717, 1.165) is 0 Å². The lowest BCUT2D eigenvalue weighted by Gasteiger charge is -2.25. The summed E-state index contributed by atoms with van der Waals surface area (Å²) in [6.07, 6.45) is 0. The molecule has 1 unspecified atom stereocenters. The highest BCUT2D eigenvalue weighted by Gasteiger charge is 2.14. The molecule has 0 aliphatic heterocycles. The maximum absolute atomic E-state index is 10.8. The van der Waals surface area contributed by atoms with E-state index in [1.165, 1.54) is 0 Å². The summed E-state index contributed by atoms with van der Waals surface area (Å²) in [6, 6.07) is 0.209. The molecule has 0 heterocycles. The fraction of sp³-hybridized carbons (Fsp3) is 0.857. The molecule has 2 nitrogen and oxygen atoms in total. The fourth-order valence-electron chi connectivity index (χ4n) is 0.610. The second kappa shape index (κ2) is 3.86. The van der Waals surface area contributed by atoms with Gasteiger partial charge in [-0.3, -0.25) is 4.79 Å². The summed E-state index contributed by atoms with van der Waals surface area (Å²) in [6.45, 7) is 5.53. The van der Waals surface area contributed by atoms with E-state index in [-0.39, 0.29) is 17.2 Å². The van der Waals surface area contributed by atoms with Crippen LogP contribution in [0, 0.1) is 0 Å². The molecule has 2 atom stereocenters. The first kappa shape index (κ1) is 9.82. The van der Waals surface area contributed by atoms with Gasteiger partial charge in [-0.1, -0.05) is 6.92 Å². The van der Waals surface area contributed by atoms with E-state index in [9.17, 15) is 4.79 Å². The molecular weight excluding hydrogens is 146 g/mol. The number of hydrogen-bond donors (Lipinski definition) is 1. The van der Waals surface area contributed by atoms with E-state index in [1.54, 1.807) is 18.9 Å². The zero-order chi connectivity index (χ0) is 8.31. The predicted octanol–water partition coefficient (Wildman–Crippen LogP) is 1.17. The summed E-state index contributed by atoms with van der Waals surface area (Å²) in [5, 5.41) is 0.230. The molecule has 3 heteroatoms.